The number of hydrogen-bond acceptors (Lipinski definition) is 3. The van der Waals surface area contributed by atoms with Gasteiger partial charge >= 0.3 is 0 Å². The fourth-order valence-corrected chi connectivity index (χ4v) is 2.33. The van der Waals surface area contributed by atoms with Crippen LogP contribution in [0, 0.1) is 0 Å². The van der Waals surface area contributed by atoms with E-state index in [0.29, 0.717) is 5.11 Å². The molecule has 100 valence electrons. The zero-order valence-electron chi connectivity index (χ0n) is 11.2. The van der Waals surface area contributed by atoms with Crippen molar-refractivity contribution in [1.29, 1.82) is 0 Å². The number of nitrogens with zero attached hydrogens (tertiary/aromatic N) is 1. The lowest BCUT2D eigenvalue weighted by Crippen LogP contribution is -2.42. The summed E-state index contributed by atoms with van der Waals surface area (Å²) in [6.45, 7) is 6.19. The fraction of sp³-hybridized carbons (Fsp3) is 0.286. The molecule has 1 aromatic carbocycles. The minimum Gasteiger partial charge on any atom is -0.358 e. The quantitative estimate of drug-likeness (QED) is 0.554. The van der Waals surface area contributed by atoms with Crippen LogP contribution in [0.5, 0.6) is 0 Å². The summed E-state index contributed by atoms with van der Waals surface area (Å²) < 4.78 is 0. The zero-order chi connectivity index (χ0) is 14.0. The molecule has 0 amide bonds. The summed E-state index contributed by atoms with van der Waals surface area (Å²) in [4.78, 5) is 5.31. The van der Waals surface area contributed by atoms with Gasteiger partial charge in [-0.15, -0.1) is 12.6 Å². The molecule has 5 heteroatoms. The molecule has 2 rings (SSSR count). The number of fused-ring (bicyclic) bond motifs is 1. The summed E-state index contributed by atoms with van der Waals surface area (Å²) in [5.74, 6) is 0. The smallest absolute Gasteiger partial charge is 0.171 e. The highest BCUT2D eigenvalue weighted by molar-refractivity contribution is 7.80. The van der Waals surface area contributed by atoms with Gasteiger partial charge in [0.15, 0.2) is 5.11 Å². The van der Waals surface area contributed by atoms with Crippen molar-refractivity contribution >= 4 is 46.5 Å². The van der Waals surface area contributed by atoms with Crippen LogP contribution in [0.3, 0.4) is 0 Å². The molecular weight excluding hydrogens is 274 g/mol. The summed E-state index contributed by atoms with van der Waals surface area (Å²) >= 11 is 9.60. The highest BCUT2D eigenvalue weighted by Gasteiger charge is 2.11. The first kappa shape index (κ1) is 14.1. The van der Waals surface area contributed by atoms with Gasteiger partial charge in [0, 0.05) is 15.8 Å². The molecule has 0 saturated heterocycles. The van der Waals surface area contributed by atoms with Crippen molar-refractivity contribution in [2.45, 2.75) is 31.2 Å². The van der Waals surface area contributed by atoms with E-state index in [4.69, 9.17) is 12.2 Å². The van der Waals surface area contributed by atoms with Gasteiger partial charge < -0.3 is 10.6 Å². The van der Waals surface area contributed by atoms with Crippen LogP contribution in [0.25, 0.3) is 10.9 Å². The molecule has 0 atom stereocenters. The predicted octanol–water partition coefficient (Wildman–Crippen LogP) is 3.61. The number of anilines is 1. The van der Waals surface area contributed by atoms with Crippen LogP contribution in [0.1, 0.15) is 20.8 Å². The molecule has 0 saturated carbocycles. The summed E-state index contributed by atoms with van der Waals surface area (Å²) in [5, 5.41) is 7.98. The Morgan fingerprint density at radius 3 is 2.68 bits per heavy atom. The van der Waals surface area contributed by atoms with E-state index in [9.17, 15) is 0 Å². The van der Waals surface area contributed by atoms with Gasteiger partial charge in [-0.2, -0.15) is 0 Å². The molecule has 2 N–H and O–H groups in total. The van der Waals surface area contributed by atoms with E-state index in [1.807, 2.05) is 24.3 Å². The van der Waals surface area contributed by atoms with Crippen molar-refractivity contribution in [3.63, 3.8) is 0 Å². The van der Waals surface area contributed by atoms with Crippen LogP contribution < -0.4 is 10.6 Å². The molecule has 0 aliphatic carbocycles. The van der Waals surface area contributed by atoms with Gasteiger partial charge in [-0.25, -0.2) is 0 Å². The Labute approximate surface area is 124 Å². The second-order valence-electron chi connectivity index (χ2n) is 5.43. The number of benzene rings is 1. The maximum atomic E-state index is 5.27. The monoisotopic (exact) mass is 291 g/mol. The molecule has 0 aliphatic heterocycles. The SMILES string of the molecule is CC(C)(C)NC(=S)Nc1cnc2ccc(S)cc2c1. The summed E-state index contributed by atoms with van der Waals surface area (Å²) in [6, 6.07) is 7.88. The minimum absolute atomic E-state index is 0.0629. The molecule has 2 aromatic rings. The van der Waals surface area contributed by atoms with Gasteiger partial charge in [-0.1, -0.05) is 0 Å². The van der Waals surface area contributed by atoms with Crippen molar-refractivity contribution in [2.24, 2.45) is 0 Å². The van der Waals surface area contributed by atoms with Gasteiger partial charge in [0.2, 0.25) is 0 Å². The lowest BCUT2D eigenvalue weighted by molar-refractivity contribution is 0.515. The maximum absolute atomic E-state index is 5.27. The van der Waals surface area contributed by atoms with E-state index >= 15 is 0 Å². The molecule has 0 spiro atoms. The van der Waals surface area contributed by atoms with Crippen LogP contribution in [-0.2, 0) is 0 Å². The molecule has 1 heterocycles. The first-order chi connectivity index (χ1) is 8.83. The highest BCUT2D eigenvalue weighted by Crippen LogP contribution is 2.19. The Morgan fingerprint density at radius 2 is 2.00 bits per heavy atom. The predicted molar refractivity (Wildman–Crippen MR) is 88.1 cm³/mol. The van der Waals surface area contributed by atoms with E-state index in [-0.39, 0.29) is 5.54 Å². The number of thiocarbonyl (C=S) groups is 1. The number of aromatic nitrogens is 1. The summed E-state index contributed by atoms with van der Waals surface area (Å²) in [7, 11) is 0. The molecular formula is C14H17N3S2. The Morgan fingerprint density at radius 1 is 1.26 bits per heavy atom. The first-order valence-electron chi connectivity index (χ1n) is 6.01. The third-order valence-corrected chi connectivity index (χ3v) is 2.89. The van der Waals surface area contributed by atoms with Gasteiger partial charge in [0.25, 0.3) is 0 Å². The van der Waals surface area contributed by atoms with Crippen LogP contribution in [0.15, 0.2) is 35.4 Å². The molecule has 3 nitrogen and oxygen atoms in total. The van der Waals surface area contributed by atoms with Gasteiger partial charge in [0.1, 0.15) is 0 Å². The second kappa shape index (κ2) is 5.35. The molecule has 0 radical (unpaired) electrons. The van der Waals surface area contributed by atoms with Crippen molar-refractivity contribution in [1.82, 2.24) is 10.3 Å². The third-order valence-electron chi connectivity index (χ3n) is 2.41. The van der Waals surface area contributed by atoms with E-state index in [1.54, 1.807) is 6.20 Å². The van der Waals surface area contributed by atoms with Crippen LogP contribution in [-0.4, -0.2) is 15.6 Å². The van der Waals surface area contributed by atoms with Gasteiger partial charge in [-0.05, 0) is 57.3 Å². The first-order valence-corrected chi connectivity index (χ1v) is 6.87. The van der Waals surface area contributed by atoms with Crippen LogP contribution in [0.4, 0.5) is 5.69 Å². The molecule has 1 aromatic heterocycles. The topological polar surface area (TPSA) is 37.0 Å². The highest BCUT2D eigenvalue weighted by atomic mass is 32.1. The largest absolute Gasteiger partial charge is 0.358 e. The second-order valence-corrected chi connectivity index (χ2v) is 6.35. The maximum Gasteiger partial charge on any atom is 0.171 e. The van der Waals surface area contributed by atoms with Crippen LogP contribution in [0.2, 0.25) is 0 Å². The van der Waals surface area contributed by atoms with Crippen molar-refractivity contribution in [2.75, 3.05) is 5.32 Å². The Kier molecular flexibility index (Phi) is 3.96. The standard InChI is InChI=1S/C14H17N3S2/c1-14(2,3)17-13(19)16-10-6-9-7-11(18)4-5-12(9)15-8-10/h4-8,18H,1-3H3,(H2,16,17,19). The zero-order valence-corrected chi connectivity index (χ0v) is 12.9. The number of pyridine rings is 1. The number of rotatable bonds is 1. The minimum atomic E-state index is -0.0629. The Hall–Kier alpha value is -1.33. The summed E-state index contributed by atoms with van der Waals surface area (Å²) in [5.41, 5.74) is 1.75. The third kappa shape index (κ3) is 4.08. The molecule has 0 fully saturated rings. The van der Waals surface area contributed by atoms with Crippen molar-refractivity contribution in [3.05, 3.63) is 30.5 Å². The molecule has 0 bridgehead atoms. The molecule has 19 heavy (non-hydrogen) atoms. The fourth-order valence-electron chi connectivity index (χ4n) is 1.69. The Bertz CT molecular complexity index is 618. The molecule has 0 aliphatic rings. The Balaban J connectivity index is 2.19. The average molecular weight is 291 g/mol. The van der Waals surface area contributed by atoms with E-state index in [2.05, 4.69) is 49.0 Å². The lowest BCUT2D eigenvalue weighted by atomic mass is 10.1. The van der Waals surface area contributed by atoms with Gasteiger partial charge in [0.05, 0.1) is 17.4 Å². The van der Waals surface area contributed by atoms with Gasteiger partial charge in [-0.3, -0.25) is 4.98 Å². The summed E-state index contributed by atoms with van der Waals surface area (Å²) in [6.07, 6.45) is 1.77. The van der Waals surface area contributed by atoms with Crippen molar-refractivity contribution in [3.8, 4) is 0 Å². The lowest BCUT2D eigenvalue weighted by Gasteiger charge is -2.23. The number of thiol groups is 1. The number of hydrogen-bond donors (Lipinski definition) is 3. The van der Waals surface area contributed by atoms with Crippen molar-refractivity contribution < 1.29 is 0 Å². The van der Waals surface area contributed by atoms with Crippen LogP contribution >= 0.6 is 24.8 Å². The molecule has 0 unspecified atom stereocenters. The average Bonchev–Trinajstić information content (AvgIpc) is 2.25. The number of nitrogens with one attached hydrogen (secondary N) is 2. The van der Waals surface area contributed by atoms with E-state index in [0.717, 1.165) is 21.5 Å². The van der Waals surface area contributed by atoms with E-state index < -0.39 is 0 Å². The van der Waals surface area contributed by atoms with E-state index in [1.165, 1.54) is 0 Å². The normalized spacial score (nSPS) is 11.4.